The van der Waals surface area contributed by atoms with Crippen LogP contribution in [0.5, 0.6) is 11.5 Å². The van der Waals surface area contributed by atoms with Crippen LogP contribution in [0.15, 0.2) is 48.5 Å². The zero-order chi connectivity index (χ0) is 18.5. The third-order valence-corrected chi connectivity index (χ3v) is 4.83. The fourth-order valence-corrected chi connectivity index (χ4v) is 3.44. The number of hydrogen-bond donors (Lipinski definition) is 0. The number of methoxy groups -OCH3 is 2. The number of benzene rings is 2. The van der Waals surface area contributed by atoms with Crippen LogP contribution in [0.2, 0.25) is 0 Å². The van der Waals surface area contributed by atoms with Crippen LogP contribution in [0.4, 0.5) is 0 Å². The summed E-state index contributed by atoms with van der Waals surface area (Å²) in [5, 5.41) is 0. The van der Waals surface area contributed by atoms with Gasteiger partial charge in [-0.05, 0) is 55.7 Å². The van der Waals surface area contributed by atoms with Crippen molar-refractivity contribution in [3.63, 3.8) is 0 Å². The maximum atomic E-state index is 12.8. The Labute approximate surface area is 155 Å². The monoisotopic (exact) mass is 351 g/mol. The Bertz CT molecular complexity index is 796. The van der Waals surface area contributed by atoms with Gasteiger partial charge in [-0.15, -0.1) is 0 Å². The molecule has 1 atom stereocenters. The zero-order valence-corrected chi connectivity index (χ0v) is 15.6. The molecule has 1 aliphatic heterocycles. The highest BCUT2D eigenvalue weighted by atomic mass is 16.5. The Hall–Kier alpha value is -2.75. The molecule has 4 heteroatoms. The molecule has 2 aromatic rings. The van der Waals surface area contributed by atoms with Crippen molar-refractivity contribution >= 4 is 12.0 Å². The van der Waals surface area contributed by atoms with E-state index in [1.54, 1.807) is 20.3 Å². The molecule has 2 aromatic carbocycles. The molecule has 1 aliphatic rings. The van der Waals surface area contributed by atoms with Gasteiger partial charge in [0.1, 0.15) is 11.5 Å². The number of hydrogen-bond acceptors (Lipinski definition) is 3. The molecule has 26 heavy (non-hydrogen) atoms. The molecule has 4 nitrogen and oxygen atoms in total. The average molecular weight is 351 g/mol. The second-order valence-electron chi connectivity index (χ2n) is 6.54. The predicted molar refractivity (Wildman–Crippen MR) is 103 cm³/mol. The SMILES string of the molecule is COc1ccc([C@H]2CCCN2C(=O)/C=C/c2cc(C)ccc2OC)cc1. The molecule has 1 saturated heterocycles. The van der Waals surface area contributed by atoms with Gasteiger partial charge < -0.3 is 14.4 Å². The van der Waals surface area contributed by atoms with Gasteiger partial charge in [-0.3, -0.25) is 4.79 Å². The highest BCUT2D eigenvalue weighted by Gasteiger charge is 2.28. The van der Waals surface area contributed by atoms with Gasteiger partial charge in [0.2, 0.25) is 5.91 Å². The fourth-order valence-electron chi connectivity index (χ4n) is 3.44. The van der Waals surface area contributed by atoms with Crippen molar-refractivity contribution in [2.45, 2.75) is 25.8 Å². The van der Waals surface area contributed by atoms with Crippen molar-refractivity contribution in [3.05, 3.63) is 65.2 Å². The molecule has 0 aromatic heterocycles. The highest BCUT2D eigenvalue weighted by Crippen LogP contribution is 2.33. The highest BCUT2D eigenvalue weighted by molar-refractivity contribution is 5.92. The lowest BCUT2D eigenvalue weighted by Gasteiger charge is -2.24. The van der Waals surface area contributed by atoms with Gasteiger partial charge in [0.25, 0.3) is 0 Å². The first-order valence-corrected chi connectivity index (χ1v) is 8.89. The van der Waals surface area contributed by atoms with E-state index in [2.05, 4.69) is 0 Å². The van der Waals surface area contributed by atoms with Gasteiger partial charge in [0.05, 0.1) is 20.3 Å². The number of ether oxygens (including phenoxy) is 2. The summed E-state index contributed by atoms with van der Waals surface area (Å²) in [5.41, 5.74) is 3.20. The number of nitrogens with zero attached hydrogens (tertiary/aromatic N) is 1. The van der Waals surface area contributed by atoms with Crippen LogP contribution in [0, 0.1) is 6.92 Å². The van der Waals surface area contributed by atoms with Crippen molar-refractivity contribution in [3.8, 4) is 11.5 Å². The third kappa shape index (κ3) is 3.90. The van der Waals surface area contributed by atoms with Crippen molar-refractivity contribution in [1.82, 2.24) is 4.90 Å². The Morgan fingerprint density at radius 1 is 1.12 bits per heavy atom. The number of likely N-dealkylation sites (tertiary alicyclic amines) is 1. The molecule has 0 N–H and O–H groups in total. The van der Waals surface area contributed by atoms with E-state index in [-0.39, 0.29) is 11.9 Å². The van der Waals surface area contributed by atoms with E-state index in [1.165, 1.54) is 0 Å². The first-order valence-electron chi connectivity index (χ1n) is 8.89. The Kier molecular flexibility index (Phi) is 5.61. The second kappa shape index (κ2) is 8.09. The summed E-state index contributed by atoms with van der Waals surface area (Å²) < 4.78 is 10.6. The van der Waals surface area contributed by atoms with E-state index in [4.69, 9.17) is 9.47 Å². The van der Waals surface area contributed by atoms with E-state index in [1.807, 2.05) is 60.4 Å². The van der Waals surface area contributed by atoms with E-state index < -0.39 is 0 Å². The molecule has 0 radical (unpaired) electrons. The summed E-state index contributed by atoms with van der Waals surface area (Å²) in [4.78, 5) is 14.7. The molecular formula is C22H25NO3. The molecule has 1 heterocycles. The minimum Gasteiger partial charge on any atom is -0.497 e. The lowest BCUT2D eigenvalue weighted by atomic mass is 10.0. The summed E-state index contributed by atoms with van der Waals surface area (Å²) in [6.45, 7) is 2.81. The quantitative estimate of drug-likeness (QED) is 0.750. The molecule has 136 valence electrons. The Balaban J connectivity index is 1.77. The molecule has 1 amide bonds. The first kappa shape index (κ1) is 18.1. The number of carbonyl (C=O) groups is 1. The van der Waals surface area contributed by atoms with Gasteiger partial charge in [0, 0.05) is 18.2 Å². The van der Waals surface area contributed by atoms with Gasteiger partial charge in [0.15, 0.2) is 0 Å². The van der Waals surface area contributed by atoms with E-state index in [0.29, 0.717) is 0 Å². The third-order valence-electron chi connectivity index (χ3n) is 4.83. The van der Waals surface area contributed by atoms with E-state index in [0.717, 1.165) is 47.6 Å². The molecular weight excluding hydrogens is 326 g/mol. The normalized spacial score (nSPS) is 16.9. The van der Waals surface area contributed by atoms with Crippen LogP contribution >= 0.6 is 0 Å². The minimum atomic E-state index is 0.0341. The van der Waals surface area contributed by atoms with Crippen molar-refractivity contribution in [1.29, 1.82) is 0 Å². The van der Waals surface area contributed by atoms with E-state index >= 15 is 0 Å². The van der Waals surface area contributed by atoms with Crippen LogP contribution in [0.3, 0.4) is 0 Å². The summed E-state index contributed by atoms with van der Waals surface area (Å²) >= 11 is 0. The lowest BCUT2D eigenvalue weighted by Crippen LogP contribution is -2.28. The second-order valence-corrected chi connectivity index (χ2v) is 6.54. The predicted octanol–water partition coefficient (Wildman–Crippen LogP) is 4.39. The van der Waals surface area contributed by atoms with Crippen LogP contribution in [0.1, 0.15) is 35.6 Å². The Morgan fingerprint density at radius 2 is 1.88 bits per heavy atom. The molecule has 0 bridgehead atoms. The summed E-state index contributed by atoms with van der Waals surface area (Å²) in [6, 6.07) is 14.1. The molecule has 0 spiro atoms. The Morgan fingerprint density at radius 3 is 2.58 bits per heavy atom. The molecule has 1 fully saturated rings. The van der Waals surface area contributed by atoms with Crippen LogP contribution in [-0.2, 0) is 4.79 Å². The van der Waals surface area contributed by atoms with Gasteiger partial charge >= 0.3 is 0 Å². The summed E-state index contributed by atoms with van der Waals surface area (Å²) in [7, 11) is 3.30. The fraction of sp³-hybridized carbons (Fsp3) is 0.318. The molecule has 0 unspecified atom stereocenters. The maximum Gasteiger partial charge on any atom is 0.247 e. The topological polar surface area (TPSA) is 38.8 Å². The average Bonchev–Trinajstić information content (AvgIpc) is 3.16. The van der Waals surface area contributed by atoms with Gasteiger partial charge in [-0.2, -0.15) is 0 Å². The zero-order valence-electron chi connectivity index (χ0n) is 15.6. The van der Waals surface area contributed by atoms with Crippen molar-refractivity contribution in [2.24, 2.45) is 0 Å². The standard InChI is InChI=1S/C22H25NO3/c1-16-6-12-21(26-3)18(15-16)9-13-22(24)23-14-4-5-20(23)17-7-10-19(25-2)11-8-17/h6-13,15,20H,4-5,14H2,1-3H3/b13-9+/t20-/m1/s1. The van der Waals surface area contributed by atoms with Crippen molar-refractivity contribution in [2.75, 3.05) is 20.8 Å². The molecule has 3 rings (SSSR count). The maximum absolute atomic E-state index is 12.8. The summed E-state index contributed by atoms with van der Waals surface area (Å²) in [5.74, 6) is 1.63. The number of aryl methyl sites for hydroxylation is 1. The van der Waals surface area contributed by atoms with Crippen molar-refractivity contribution < 1.29 is 14.3 Å². The van der Waals surface area contributed by atoms with E-state index in [9.17, 15) is 4.79 Å². The molecule has 0 saturated carbocycles. The largest absolute Gasteiger partial charge is 0.497 e. The van der Waals surface area contributed by atoms with Gasteiger partial charge in [-0.25, -0.2) is 0 Å². The van der Waals surface area contributed by atoms with Crippen LogP contribution in [-0.4, -0.2) is 31.6 Å². The smallest absolute Gasteiger partial charge is 0.247 e. The van der Waals surface area contributed by atoms with Crippen LogP contribution < -0.4 is 9.47 Å². The lowest BCUT2D eigenvalue weighted by molar-refractivity contribution is -0.126. The number of amides is 1. The number of rotatable bonds is 5. The minimum absolute atomic E-state index is 0.0341. The summed E-state index contributed by atoms with van der Waals surface area (Å²) in [6.07, 6.45) is 5.50. The van der Waals surface area contributed by atoms with Crippen LogP contribution in [0.25, 0.3) is 6.08 Å². The molecule has 0 aliphatic carbocycles. The van der Waals surface area contributed by atoms with Gasteiger partial charge in [-0.1, -0.05) is 23.8 Å². The first-order chi connectivity index (χ1) is 12.6. The number of carbonyl (C=O) groups excluding carboxylic acids is 1.